The van der Waals surface area contributed by atoms with Crippen LogP contribution >= 0.6 is 11.3 Å². The molecular formula is C18H22N2O2S. The van der Waals surface area contributed by atoms with Crippen LogP contribution in [0.4, 0.5) is 0 Å². The first-order valence-electron chi connectivity index (χ1n) is 7.88. The van der Waals surface area contributed by atoms with Crippen LogP contribution in [0.5, 0.6) is 5.75 Å². The number of thiazole rings is 1. The standard InChI is InChI=1S/C18H22N2O2S/c1-13-20-17(12-23-13)11-22-18-6-3-14(4-7-18)9-19-16-5-2-15(8-16)10-21/h2-7,12,15-16,19,21H,8-11H2,1H3/t15-,16+/m0/s1. The molecule has 4 nitrogen and oxygen atoms in total. The van der Waals surface area contributed by atoms with Gasteiger partial charge in [0.1, 0.15) is 12.4 Å². The van der Waals surface area contributed by atoms with Gasteiger partial charge in [-0.05, 0) is 31.0 Å². The monoisotopic (exact) mass is 330 g/mol. The Labute approximate surface area is 140 Å². The summed E-state index contributed by atoms with van der Waals surface area (Å²) in [6.45, 7) is 3.56. The summed E-state index contributed by atoms with van der Waals surface area (Å²) in [6, 6.07) is 8.51. The Morgan fingerprint density at radius 2 is 2.13 bits per heavy atom. The summed E-state index contributed by atoms with van der Waals surface area (Å²) < 4.78 is 5.75. The third-order valence-corrected chi connectivity index (χ3v) is 4.77. The van der Waals surface area contributed by atoms with Gasteiger partial charge < -0.3 is 15.2 Å². The number of ether oxygens (including phenoxy) is 1. The molecule has 2 atom stereocenters. The summed E-state index contributed by atoms with van der Waals surface area (Å²) in [5, 5.41) is 15.7. The number of aryl methyl sites for hydroxylation is 1. The van der Waals surface area contributed by atoms with Gasteiger partial charge in [0.05, 0.1) is 10.7 Å². The quantitative estimate of drug-likeness (QED) is 0.766. The first-order valence-corrected chi connectivity index (χ1v) is 8.76. The lowest BCUT2D eigenvalue weighted by atomic mass is 10.1. The molecule has 2 N–H and O–H groups in total. The van der Waals surface area contributed by atoms with E-state index in [1.54, 1.807) is 11.3 Å². The van der Waals surface area contributed by atoms with Crippen molar-refractivity contribution in [2.75, 3.05) is 6.61 Å². The Morgan fingerprint density at radius 1 is 1.30 bits per heavy atom. The molecule has 0 spiro atoms. The molecule has 0 amide bonds. The van der Waals surface area contributed by atoms with Crippen molar-refractivity contribution in [2.45, 2.75) is 32.5 Å². The fourth-order valence-electron chi connectivity index (χ4n) is 2.65. The third-order valence-electron chi connectivity index (χ3n) is 3.95. The lowest BCUT2D eigenvalue weighted by molar-refractivity contribution is 0.246. The first-order chi connectivity index (χ1) is 11.2. The lowest BCUT2D eigenvalue weighted by Gasteiger charge is -2.13. The highest BCUT2D eigenvalue weighted by Crippen LogP contribution is 2.18. The van der Waals surface area contributed by atoms with E-state index < -0.39 is 0 Å². The summed E-state index contributed by atoms with van der Waals surface area (Å²) in [6.07, 6.45) is 5.22. The second-order valence-electron chi connectivity index (χ2n) is 5.84. The molecule has 1 aliphatic carbocycles. The lowest BCUT2D eigenvalue weighted by Crippen LogP contribution is -2.26. The Balaban J connectivity index is 1.44. The number of benzene rings is 1. The number of hydrogen-bond donors (Lipinski definition) is 2. The van der Waals surface area contributed by atoms with E-state index in [4.69, 9.17) is 9.84 Å². The molecular weight excluding hydrogens is 308 g/mol. The van der Waals surface area contributed by atoms with Gasteiger partial charge in [0.25, 0.3) is 0 Å². The third kappa shape index (κ3) is 4.64. The van der Waals surface area contributed by atoms with E-state index >= 15 is 0 Å². The van der Waals surface area contributed by atoms with Gasteiger partial charge in [-0.3, -0.25) is 0 Å². The predicted octanol–water partition coefficient (Wildman–Crippen LogP) is 3.06. The van der Waals surface area contributed by atoms with E-state index in [0.29, 0.717) is 18.6 Å². The summed E-state index contributed by atoms with van der Waals surface area (Å²) in [4.78, 5) is 4.39. The minimum atomic E-state index is 0.235. The molecule has 0 bridgehead atoms. The molecule has 1 aromatic heterocycles. The molecule has 1 aromatic carbocycles. The molecule has 0 aliphatic heterocycles. The van der Waals surface area contributed by atoms with Gasteiger partial charge in [0.15, 0.2) is 0 Å². The molecule has 0 unspecified atom stereocenters. The van der Waals surface area contributed by atoms with E-state index in [0.717, 1.165) is 29.4 Å². The van der Waals surface area contributed by atoms with Crippen LogP contribution in [0, 0.1) is 12.8 Å². The summed E-state index contributed by atoms with van der Waals surface area (Å²) in [7, 11) is 0. The number of hydrogen-bond acceptors (Lipinski definition) is 5. The van der Waals surface area contributed by atoms with Gasteiger partial charge in [0.2, 0.25) is 0 Å². The van der Waals surface area contributed by atoms with Crippen molar-refractivity contribution >= 4 is 11.3 Å². The van der Waals surface area contributed by atoms with Crippen LogP contribution in [0.15, 0.2) is 41.8 Å². The summed E-state index contributed by atoms with van der Waals surface area (Å²) >= 11 is 1.64. The predicted molar refractivity (Wildman–Crippen MR) is 92.6 cm³/mol. The minimum absolute atomic E-state index is 0.235. The van der Waals surface area contributed by atoms with Gasteiger partial charge in [-0.25, -0.2) is 4.98 Å². The van der Waals surface area contributed by atoms with Gasteiger partial charge in [-0.15, -0.1) is 11.3 Å². The molecule has 1 heterocycles. The van der Waals surface area contributed by atoms with Crippen molar-refractivity contribution in [3.05, 3.63) is 58.1 Å². The highest BCUT2D eigenvalue weighted by Gasteiger charge is 2.17. The van der Waals surface area contributed by atoms with Crippen LogP contribution in [0.25, 0.3) is 0 Å². The zero-order valence-electron chi connectivity index (χ0n) is 13.2. The Kier molecular flexibility index (Phi) is 5.43. The average molecular weight is 330 g/mol. The van der Waals surface area contributed by atoms with Gasteiger partial charge in [0, 0.05) is 30.5 Å². The second kappa shape index (κ2) is 7.73. The Bertz CT molecular complexity index is 651. The topological polar surface area (TPSA) is 54.4 Å². The average Bonchev–Trinajstić information content (AvgIpc) is 3.20. The van der Waals surface area contributed by atoms with Gasteiger partial charge in [-0.1, -0.05) is 24.3 Å². The van der Waals surface area contributed by atoms with E-state index in [9.17, 15) is 0 Å². The van der Waals surface area contributed by atoms with Crippen LogP contribution in [0.3, 0.4) is 0 Å². The molecule has 122 valence electrons. The molecule has 0 fully saturated rings. The SMILES string of the molecule is Cc1nc(COc2ccc(CN[C@@H]3C=C[C@H](CO)C3)cc2)cs1. The first kappa shape index (κ1) is 16.2. The molecule has 0 saturated carbocycles. The molecule has 1 aliphatic rings. The van der Waals surface area contributed by atoms with Crippen LogP contribution < -0.4 is 10.1 Å². The number of nitrogens with zero attached hydrogens (tertiary/aromatic N) is 1. The molecule has 0 saturated heterocycles. The maximum atomic E-state index is 9.14. The largest absolute Gasteiger partial charge is 0.487 e. The number of nitrogens with one attached hydrogen (secondary N) is 1. The van der Waals surface area contributed by atoms with E-state index in [2.05, 4.69) is 34.6 Å². The zero-order chi connectivity index (χ0) is 16.1. The molecule has 0 radical (unpaired) electrons. The van der Waals surface area contributed by atoms with E-state index in [1.165, 1.54) is 5.56 Å². The van der Waals surface area contributed by atoms with Crippen LogP contribution in [-0.2, 0) is 13.2 Å². The van der Waals surface area contributed by atoms with Crippen LogP contribution in [0.1, 0.15) is 22.7 Å². The van der Waals surface area contributed by atoms with Crippen molar-refractivity contribution in [3.63, 3.8) is 0 Å². The Hall–Kier alpha value is -1.69. The fraction of sp³-hybridized carbons (Fsp3) is 0.389. The Morgan fingerprint density at radius 3 is 2.78 bits per heavy atom. The number of aliphatic hydroxyl groups excluding tert-OH is 1. The van der Waals surface area contributed by atoms with Crippen molar-refractivity contribution < 1.29 is 9.84 Å². The smallest absolute Gasteiger partial charge is 0.131 e. The highest BCUT2D eigenvalue weighted by molar-refractivity contribution is 7.09. The number of aliphatic hydroxyl groups is 1. The fourth-order valence-corrected chi connectivity index (χ4v) is 3.24. The van der Waals surface area contributed by atoms with Crippen molar-refractivity contribution in [3.8, 4) is 5.75 Å². The minimum Gasteiger partial charge on any atom is -0.487 e. The van der Waals surface area contributed by atoms with Gasteiger partial charge >= 0.3 is 0 Å². The van der Waals surface area contributed by atoms with Crippen molar-refractivity contribution in [1.82, 2.24) is 10.3 Å². The normalized spacial score (nSPS) is 20.1. The van der Waals surface area contributed by atoms with Crippen molar-refractivity contribution in [2.24, 2.45) is 5.92 Å². The summed E-state index contributed by atoms with van der Waals surface area (Å²) in [5.74, 6) is 1.16. The molecule has 3 rings (SSSR count). The second-order valence-corrected chi connectivity index (χ2v) is 6.90. The van der Waals surface area contributed by atoms with Crippen LogP contribution in [-0.4, -0.2) is 22.7 Å². The molecule has 2 aromatic rings. The zero-order valence-corrected chi connectivity index (χ0v) is 14.1. The number of rotatable bonds is 7. The maximum Gasteiger partial charge on any atom is 0.131 e. The molecule has 5 heteroatoms. The number of aromatic nitrogens is 1. The highest BCUT2D eigenvalue weighted by atomic mass is 32.1. The van der Waals surface area contributed by atoms with Crippen LogP contribution in [0.2, 0.25) is 0 Å². The van der Waals surface area contributed by atoms with E-state index in [1.807, 2.05) is 24.4 Å². The van der Waals surface area contributed by atoms with Crippen molar-refractivity contribution in [1.29, 1.82) is 0 Å². The van der Waals surface area contributed by atoms with E-state index in [-0.39, 0.29) is 6.61 Å². The molecule has 23 heavy (non-hydrogen) atoms. The maximum absolute atomic E-state index is 9.14. The van der Waals surface area contributed by atoms with Gasteiger partial charge in [-0.2, -0.15) is 0 Å². The summed E-state index contributed by atoms with van der Waals surface area (Å²) in [5.41, 5.74) is 2.20.